The maximum absolute atomic E-state index is 13.4. The average Bonchev–Trinajstić information content (AvgIpc) is 3.18. The third-order valence-corrected chi connectivity index (χ3v) is 4.95. The summed E-state index contributed by atoms with van der Waals surface area (Å²) in [7, 11) is 0. The van der Waals surface area contributed by atoms with Crippen molar-refractivity contribution in [1.29, 1.82) is 0 Å². The predicted octanol–water partition coefficient (Wildman–Crippen LogP) is 4.47. The quantitative estimate of drug-likeness (QED) is 0.584. The van der Waals surface area contributed by atoms with E-state index in [-0.39, 0.29) is 23.0 Å². The Kier molecular flexibility index (Phi) is 6.65. The lowest BCUT2D eigenvalue weighted by molar-refractivity contribution is 0.0975. The van der Waals surface area contributed by atoms with Crippen molar-refractivity contribution in [3.05, 3.63) is 63.9 Å². The van der Waals surface area contributed by atoms with Crippen molar-refractivity contribution in [2.45, 2.75) is 32.8 Å². The van der Waals surface area contributed by atoms with Crippen LogP contribution in [0.25, 0.3) is 0 Å². The first-order chi connectivity index (χ1) is 13.4. The second-order valence-electron chi connectivity index (χ2n) is 6.83. The summed E-state index contributed by atoms with van der Waals surface area (Å²) in [4.78, 5) is 17.1. The van der Waals surface area contributed by atoms with Gasteiger partial charge in [-0.15, -0.1) is 0 Å². The highest BCUT2D eigenvalue weighted by atomic mass is 35.5. The van der Waals surface area contributed by atoms with Gasteiger partial charge in [0.05, 0.1) is 17.7 Å². The molecule has 1 aliphatic heterocycles. The van der Waals surface area contributed by atoms with E-state index in [1.54, 1.807) is 6.07 Å². The standard InChI is InChI=1S/C21H23ClFN3O2/c1-13-5-6-15(10-14(13)2)20(27)26-21(24-12-17-4-3-9-28-17)25-16-7-8-19(23)18(22)11-16/h5-8,10-11,17H,3-4,9,12H2,1-2H3,(H2,24,25,26,27)/t17-/m0/s1. The van der Waals surface area contributed by atoms with Crippen molar-refractivity contribution >= 4 is 29.2 Å². The van der Waals surface area contributed by atoms with Crippen LogP contribution in [0, 0.1) is 19.7 Å². The van der Waals surface area contributed by atoms with E-state index in [9.17, 15) is 9.18 Å². The molecule has 3 rings (SSSR count). The van der Waals surface area contributed by atoms with Crippen LogP contribution in [-0.2, 0) is 4.74 Å². The molecular weight excluding hydrogens is 381 g/mol. The predicted molar refractivity (Wildman–Crippen MR) is 110 cm³/mol. The summed E-state index contributed by atoms with van der Waals surface area (Å²) in [6.45, 7) is 5.10. The normalized spacial score (nSPS) is 16.9. The van der Waals surface area contributed by atoms with Crippen LogP contribution in [0.4, 0.5) is 10.1 Å². The molecule has 7 heteroatoms. The first-order valence-corrected chi connectivity index (χ1v) is 9.57. The Morgan fingerprint density at radius 1 is 1.25 bits per heavy atom. The van der Waals surface area contributed by atoms with Gasteiger partial charge in [0, 0.05) is 17.9 Å². The van der Waals surface area contributed by atoms with Gasteiger partial charge < -0.3 is 10.1 Å². The highest BCUT2D eigenvalue weighted by Gasteiger charge is 2.16. The number of halogens is 2. The Morgan fingerprint density at radius 3 is 2.75 bits per heavy atom. The molecule has 2 aromatic carbocycles. The molecule has 0 spiro atoms. The summed E-state index contributed by atoms with van der Waals surface area (Å²) in [5.74, 6) is -0.527. The van der Waals surface area contributed by atoms with Gasteiger partial charge in [0.15, 0.2) is 0 Å². The molecular formula is C21H23ClFN3O2. The number of benzene rings is 2. The van der Waals surface area contributed by atoms with Crippen LogP contribution in [0.3, 0.4) is 0 Å². The Hall–Kier alpha value is -2.44. The molecule has 0 aromatic heterocycles. The van der Waals surface area contributed by atoms with E-state index in [4.69, 9.17) is 16.3 Å². The fourth-order valence-electron chi connectivity index (χ4n) is 2.86. The second kappa shape index (κ2) is 9.17. The molecule has 148 valence electrons. The van der Waals surface area contributed by atoms with Gasteiger partial charge in [-0.3, -0.25) is 10.1 Å². The number of anilines is 1. The van der Waals surface area contributed by atoms with Crippen molar-refractivity contribution < 1.29 is 13.9 Å². The van der Waals surface area contributed by atoms with Crippen molar-refractivity contribution in [1.82, 2.24) is 5.32 Å². The van der Waals surface area contributed by atoms with E-state index in [1.165, 1.54) is 18.2 Å². The minimum Gasteiger partial charge on any atom is -0.376 e. The third-order valence-electron chi connectivity index (χ3n) is 4.66. The van der Waals surface area contributed by atoms with Crippen molar-refractivity contribution in [2.75, 3.05) is 18.5 Å². The lowest BCUT2D eigenvalue weighted by Gasteiger charge is -2.14. The van der Waals surface area contributed by atoms with Gasteiger partial charge in [-0.25, -0.2) is 9.38 Å². The minimum atomic E-state index is -0.510. The third kappa shape index (κ3) is 5.30. The lowest BCUT2D eigenvalue weighted by atomic mass is 10.1. The van der Waals surface area contributed by atoms with Gasteiger partial charge in [-0.2, -0.15) is 0 Å². The summed E-state index contributed by atoms with van der Waals surface area (Å²) >= 11 is 5.85. The van der Waals surface area contributed by atoms with Gasteiger partial charge in [0.25, 0.3) is 5.91 Å². The molecule has 0 bridgehead atoms. The van der Waals surface area contributed by atoms with E-state index in [0.29, 0.717) is 17.8 Å². The second-order valence-corrected chi connectivity index (χ2v) is 7.24. The Morgan fingerprint density at radius 2 is 2.07 bits per heavy atom. The van der Waals surface area contributed by atoms with Crippen molar-refractivity contribution in [3.8, 4) is 0 Å². The Bertz CT molecular complexity index is 895. The first kappa shape index (κ1) is 20.3. The number of amides is 1. The van der Waals surface area contributed by atoms with Gasteiger partial charge in [0.1, 0.15) is 5.82 Å². The topological polar surface area (TPSA) is 62.7 Å². The zero-order valence-corrected chi connectivity index (χ0v) is 16.6. The number of nitrogens with zero attached hydrogens (tertiary/aromatic N) is 1. The zero-order chi connectivity index (χ0) is 20.1. The molecule has 1 heterocycles. The molecule has 28 heavy (non-hydrogen) atoms. The largest absolute Gasteiger partial charge is 0.376 e. The molecule has 1 aliphatic rings. The smallest absolute Gasteiger partial charge is 0.257 e. The van der Waals surface area contributed by atoms with Crippen molar-refractivity contribution in [2.24, 2.45) is 4.99 Å². The van der Waals surface area contributed by atoms with Gasteiger partial charge in [-0.1, -0.05) is 17.7 Å². The van der Waals surface area contributed by atoms with Gasteiger partial charge in [0.2, 0.25) is 5.96 Å². The molecule has 0 unspecified atom stereocenters. The van der Waals surface area contributed by atoms with E-state index in [0.717, 1.165) is 30.6 Å². The number of hydrogen-bond acceptors (Lipinski definition) is 3. The minimum absolute atomic E-state index is 0.0102. The molecule has 0 aliphatic carbocycles. The highest BCUT2D eigenvalue weighted by molar-refractivity contribution is 6.31. The molecule has 1 amide bonds. The number of nitrogens with one attached hydrogen (secondary N) is 2. The molecule has 0 saturated carbocycles. The number of carbonyl (C=O) groups is 1. The average molecular weight is 404 g/mol. The van der Waals surface area contributed by atoms with E-state index in [2.05, 4.69) is 15.6 Å². The summed E-state index contributed by atoms with van der Waals surface area (Å²) in [5, 5.41) is 5.79. The zero-order valence-electron chi connectivity index (χ0n) is 15.9. The van der Waals surface area contributed by atoms with Crippen LogP contribution in [-0.4, -0.2) is 31.1 Å². The maximum Gasteiger partial charge on any atom is 0.257 e. The van der Waals surface area contributed by atoms with Crippen LogP contribution in [0.5, 0.6) is 0 Å². The van der Waals surface area contributed by atoms with Crippen molar-refractivity contribution in [3.63, 3.8) is 0 Å². The number of hydrogen-bond donors (Lipinski definition) is 2. The van der Waals surface area contributed by atoms with Crippen LogP contribution < -0.4 is 10.6 Å². The van der Waals surface area contributed by atoms with Gasteiger partial charge >= 0.3 is 0 Å². The van der Waals surface area contributed by atoms with Crippen LogP contribution in [0.2, 0.25) is 5.02 Å². The molecule has 5 nitrogen and oxygen atoms in total. The Balaban J connectivity index is 1.77. The van der Waals surface area contributed by atoms with E-state index < -0.39 is 5.82 Å². The molecule has 2 N–H and O–H groups in total. The number of aryl methyl sites for hydroxylation is 2. The molecule has 1 atom stereocenters. The highest BCUT2D eigenvalue weighted by Crippen LogP contribution is 2.19. The van der Waals surface area contributed by atoms with Crippen LogP contribution in [0.1, 0.15) is 34.3 Å². The Labute approximate surface area is 169 Å². The number of ether oxygens (including phenoxy) is 1. The molecule has 0 radical (unpaired) electrons. The van der Waals surface area contributed by atoms with Crippen LogP contribution in [0.15, 0.2) is 41.4 Å². The molecule has 2 aromatic rings. The summed E-state index contributed by atoms with van der Waals surface area (Å²) in [6, 6.07) is 9.74. The van der Waals surface area contributed by atoms with Gasteiger partial charge in [-0.05, 0) is 68.1 Å². The SMILES string of the molecule is Cc1ccc(C(=O)NC(=NC[C@@H]2CCCO2)Nc2ccc(F)c(Cl)c2)cc1C. The van der Waals surface area contributed by atoms with Crippen LogP contribution >= 0.6 is 11.6 Å². The summed E-state index contributed by atoms with van der Waals surface area (Å²) < 4.78 is 19.0. The fraction of sp³-hybridized carbons (Fsp3) is 0.333. The number of carbonyl (C=O) groups excluding carboxylic acids is 1. The maximum atomic E-state index is 13.4. The van der Waals surface area contributed by atoms with E-state index >= 15 is 0 Å². The first-order valence-electron chi connectivity index (χ1n) is 9.19. The monoisotopic (exact) mass is 403 g/mol. The number of rotatable bonds is 4. The molecule has 1 fully saturated rings. The lowest BCUT2D eigenvalue weighted by Crippen LogP contribution is -2.36. The summed E-state index contributed by atoms with van der Waals surface area (Å²) in [6.07, 6.45) is 1.97. The fourth-order valence-corrected chi connectivity index (χ4v) is 3.05. The van der Waals surface area contributed by atoms with E-state index in [1.807, 2.05) is 26.0 Å². The molecule has 1 saturated heterocycles. The number of aliphatic imine (C=N–C) groups is 1. The summed E-state index contributed by atoms with van der Waals surface area (Å²) in [5.41, 5.74) is 3.21. The number of guanidine groups is 1.